The van der Waals surface area contributed by atoms with E-state index in [0.717, 1.165) is 28.1 Å². The summed E-state index contributed by atoms with van der Waals surface area (Å²) in [4.78, 5) is 17.6. The second-order valence-electron chi connectivity index (χ2n) is 9.05. The van der Waals surface area contributed by atoms with Crippen LogP contribution in [0.4, 0.5) is 0 Å². The number of aryl methyl sites for hydroxylation is 1. The van der Waals surface area contributed by atoms with Gasteiger partial charge in [0.15, 0.2) is 0 Å². The van der Waals surface area contributed by atoms with Crippen molar-refractivity contribution in [1.82, 2.24) is 15.0 Å². The van der Waals surface area contributed by atoms with Gasteiger partial charge in [0.25, 0.3) is 0 Å². The molecule has 30 heavy (non-hydrogen) atoms. The minimum atomic E-state index is -3.83. The van der Waals surface area contributed by atoms with Crippen molar-refractivity contribution in [2.24, 2.45) is 17.8 Å². The molecule has 0 aliphatic heterocycles. The van der Waals surface area contributed by atoms with Crippen LogP contribution in [0.15, 0.2) is 23.1 Å². The van der Waals surface area contributed by atoms with Gasteiger partial charge < -0.3 is 5.32 Å². The molecule has 1 heterocycles. The molecule has 2 N–H and O–H groups in total. The van der Waals surface area contributed by atoms with Crippen LogP contribution in [0.3, 0.4) is 0 Å². The highest BCUT2D eigenvalue weighted by Crippen LogP contribution is 2.30. The summed E-state index contributed by atoms with van der Waals surface area (Å²) in [6, 6.07) is 4.21. The molecule has 1 aromatic heterocycles. The number of nitrogens with zero attached hydrogens (tertiary/aromatic N) is 1. The van der Waals surface area contributed by atoms with E-state index < -0.39 is 16.1 Å². The second-order valence-corrected chi connectivity index (χ2v) is 12.0. The molecule has 1 aliphatic carbocycles. The number of hydrogen-bond donors (Lipinski definition) is 2. The molecule has 3 rings (SSSR count). The first-order valence-corrected chi connectivity index (χ1v) is 13.1. The van der Waals surface area contributed by atoms with Crippen LogP contribution >= 0.6 is 11.3 Å². The predicted octanol–water partition coefficient (Wildman–Crippen LogP) is 4.24. The van der Waals surface area contributed by atoms with E-state index in [-0.39, 0.29) is 22.8 Å². The summed E-state index contributed by atoms with van der Waals surface area (Å²) in [6.07, 6.45) is 3.66. The Bertz CT molecular complexity index is 1000. The molecule has 0 spiro atoms. The lowest BCUT2D eigenvalue weighted by molar-refractivity contribution is -0.124. The number of carbonyl (C=O) groups excluding carboxylic acids is 1. The summed E-state index contributed by atoms with van der Waals surface area (Å²) >= 11 is 1.46. The molecule has 1 saturated carbocycles. The SMILES string of the molecule is Cc1nc2ccc(S(=O)(=O)N[C@H](CC(C)C)C(=O)N[C@@H]3CCC[C@H](C)[C@H]3C)cc2s1. The Hall–Kier alpha value is -1.51. The fourth-order valence-corrected chi connectivity index (χ4v) is 6.37. The van der Waals surface area contributed by atoms with E-state index in [1.807, 2.05) is 20.8 Å². The summed E-state index contributed by atoms with van der Waals surface area (Å²) in [5, 5.41) is 4.03. The number of thiazole rings is 1. The third-order valence-electron chi connectivity index (χ3n) is 6.13. The van der Waals surface area contributed by atoms with Crippen molar-refractivity contribution in [1.29, 1.82) is 0 Å². The molecule has 8 heteroatoms. The third kappa shape index (κ3) is 5.39. The monoisotopic (exact) mass is 451 g/mol. The fourth-order valence-electron chi connectivity index (χ4n) is 4.19. The van der Waals surface area contributed by atoms with E-state index >= 15 is 0 Å². The van der Waals surface area contributed by atoms with Gasteiger partial charge in [-0.25, -0.2) is 13.4 Å². The number of amides is 1. The Balaban J connectivity index is 1.79. The maximum atomic E-state index is 13.1. The minimum absolute atomic E-state index is 0.0944. The number of hydrogen-bond acceptors (Lipinski definition) is 5. The zero-order chi connectivity index (χ0) is 22.1. The molecule has 0 unspecified atom stereocenters. The quantitative estimate of drug-likeness (QED) is 0.659. The molecule has 4 atom stereocenters. The number of aromatic nitrogens is 1. The molecule has 6 nitrogen and oxygen atoms in total. The zero-order valence-electron chi connectivity index (χ0n) is 18.4. The van der Waals surface area contributed by atoms with E-state index in [2.05, 4.69) is 28.9 Å². The van der Waals surface area contributed by atoms with Crippen molar-refractivity contribution >= 4 is 37.5 Å². The average Bonchev–Trinajstić information content (AvgIpc) is 3.03. The van der Waals surface area contributed by atoms with E-state index in [0.29, 0.717) is 18.3 Å². The largest absolute Gasteiger partial charge is 0.352 e. The lowest BCUT2D eigenvalue weighted by Crippen LogP contribution is -2.52. The van der Waals surface area contributed by atoms with E-state index in [4.69, 9.17) is 0 Å². The Kier molecular flexibility index (Phi) is 7.20. The number of nitrogens with one attached hydrogen (secondary N) is 2. The number of sulfonamides is 1. The molecule has 1 fully saturated rings. The first-order valence-electron chi connectivity index (χ1n) is 10.8. The number of fused-ring (bicyclic) bond motifs is 1. The molecule has 0 bridgehead atoms. The molecule has 0 saturated heterocycles. The van der Waals surface area contributed by atoms with E-state index in [1.54, 1.807) is 18.2 Å². The smallest absolute Gasteiger partial charge is 0.241 e. The fraction of sp³-hybridized carbons (Fsp3) is 0.636. The molecule has 1 aliphatic rings. The van der Waals surface area contributed by atoms with Gasteiger partial charge in [-0.05, 0) is 55.7 Å². The van der Waals surface area contributed by atoms with Crippen LogP contribution in [0.5, 0.6) is 0 Å². The van der Waals surface area contributed by atoms with Crippen LogP contribution in [-0.2, 0) is 14.8 Å². The van der Waals surface area contributed by atoms with Crippen LogP contribution in [0.2, 0.25) is 0 Å². The topological polar surface area (TPSA) is 88.2 Å². The van der Waals surface area contributed by atoms with Gasteiger partial charge in [0.2, 0.25) is 15.9 Å². The highest BCUT2D eigenvalue weighted by molar-refractivity contribution is 7.89. The van der Waals surface area contributed by atoms with E-state index in [9.17, 15) is 13.2 Å². The summed E-state index contributed by atoms with van der Waals surface area (Å²) in [5.41, 5.74) is 0.785. The zero-order valence-corrected chi connectivity index (χ0v) is 20.1. The highest BCUT2D eigenvalue weighted by atomic mass is 32.2. The molecular formula is C22H33N3O3S2. The Morgan fingerprint density at radius 3 is 2.70 bits per heavy atom. The Morgan fingerprint density at radius 2 is 2.00 bits per heavy atom. The maximum Gasteiger partial charge on any atom is 0.241 e. The van der Waals surface area contributed by atoms with Crippen LogP contribution in [0, 0.1) is 24.7 Å². The first-order chi connectivity index (χ1) is 14.1. The van der Waals surface area contributed by atoms with Gasteiger partial charge >= 0.3 is 0 Å². The number of rotatable bonds is 7. The van der Waals surface area contributed by atoms with Crippen LogP contribution < -0.4 is 10.0 Å². The van der Waals surface area contributed by atoms with Crippen molar-refractivity contribution in [2.45, 2.75) is 77.3 Å². The predicted molar refractivity (Wildman–Crippen MR) is 122 cm³/mol. The van der Waals surface area contributed by atoms with Gasteiger partial charge in [0.1, 0.15) is 6.04 Å². The van der Waals surface area contributed by atoms with Crippen molar-refractivity contribution < 1.29 is 13.2 Å². The lowest BCUT2D eigenvalue weighted by Gasteiger charge is -2.35. The van der Waals surface area contributed by atoms with Crippen molar-refractivity contribution in [3.63, 3.8) is 0 Å². The second kappa shape index (κ2) is 9.32. The van der Waals surface area contributed by atoms with Crippen molar-refractivity contribution in [3.05, 3.63) is 23.2 Å². The summed E-state index contributed by atoms with van der Waals surface area (Å²) in [7, 11) is -3.83. The molecule has 166 valence electrons. The summed E-state index contributed by atoms with van der Waals surface area (Å²) < 4.78 is 29.7. The van der Waals surface area contributed by atoms with Crippen LogP contribution in [-0.4, -0.2) is 31.4 Å². The van der Waals surface area contributed by atoms with Crippen LogP contribution in [0.1, 0.15) is 58.4 Å². The molecule has 0 radical (unpaired) electrons. The van der Waals surface area contributed by atoms with Crippen molar-refractivity contribution in [3.8, 4) is 0 Å². The maximum absolute atomic E-state index is 13.1. The van der Waals surface area contributed by atoms with Gasteiger partial charge in [0, 0.05) is 6.04 Å². The normalized spacial score (nSPS) is 23.6. The Labute approximate surface area is 183 Å². The molecule has 1 aromatic carbocycles. The van der Waals surface area contributed by atoms with Gasteiger partial charge in [-0.1, -0.05) is 40.5 Å². The standard InChI is InChI=1S/C22H33N3O3S2/c1-13(2)11-20(22(26)24-18-8-6-7-14(3)15(18)4)25-30(27,28)17-9-10-19-21(12-17)29-16(5)23-19/h9-10,12-15,18,20,25H,6-8,11H2,1-5H3,(H,24,26)/t14-,15+,18+,20+/m0/s1. The first kappa shape index (κ1) is 23.2. The van der Waals surface area contributed by atoms with Gasteiger partial charge in [-0.3, -0.25) is 4.79 Å². The van der Waals surface area contributed by atoms with Gasteiger partial charge in [-0.2, -0.15) is 4.72 Å². The minimum Gasteiger partial charge on any atom is -0.352 e. The lowest BCUT2D eigenvalue weighted by atomic mass is 9.78. The van der Waals surface area contributed by atoms with Crippen molar-refractivity contribution in [2.75, 3.05) is 0 Å². The van der Waals surface area contributed by atoms with Gasteiger partial charge in [0.05, 0.1) is 20.1 Å². The molecule has 2 aromatic rings. The highest BCUT2D eigenvalue weighted by Gasteiger charge is 2.32. The van der Waals surface area contributed by atoms with Gasteiger partial charge in [-0.15, -0.1) is 11.3 Å². The molecular weight excluding hydrogens is 418 g/mol. The average molecular weight is 452 g/mol. The Morgan fingerprint density at radius 1 is 1.27 bits per heavy atom. The number of carbonyl (C=O) groups is 1. The molecule has 1 amide bonds. The van der Waals surface area contributed by atoms with E-state index in [1.165, 1.54) is 17.8 Å². The summed E-state index contributed by atoms with van der Waals surface area (Å²) in [5.74, 6) is 0.889. The summed E-state index contributed by atoms with van der Waals surface area (Å²) in [6.45, 7) is 10.3. The van der Waals surface area contributed by atoms with Crippen LogP contribution in [0.25, 0.3) is 10.2 Å². The number of benzene rings is 1. The third-order valence-corrected chi connectivity index (χ3v) is 8.54.